The van der Waals surface area contributed by atoms with E-state index < -0.39 is 0 Å². The van der Waals surface area contributed by atoms with Gasteiger partial charge in [0.1, 0.15) is 0 Å². The topological polar surface area (TPSA) is 114 Å². The Bertz CT molecular complexity index is 4710. The Morgan fingerprint density at radius 2 is 0.864 bits per heavy atom. The third kappa shape index (κ3) is 13.1. The minimum atomic E-state index is 0. The van der Waals surface area contributed by atoms with Gasteiger partial charge in [-0.2, -0.15) is 0 Å². The van der Waals surface area contributed by atoms with Crippen LogP contribution in [-0.4, -0.2) is 47.9 Å². The molecule has 0 saturated heterocycles. The van der Waals surface area contributed by atoms with E-state index in [-0.39, 0.29) is 42.1 Å². The summed E-state index contributed by atoms with van der Waals surface area (Å²) in [6, 6.07) is 84.2. The van der Waals surface area contributed by atoms with Crippen LogP contribution in [0.25, 0.3) is 85.3 Å². The van der Waals surface area contributed by atoms with Crippen LogP contribution < -0.4 is 10.7 Å². The van der Waals surface area contributed by atoms with Crippen LogP contribution in [0.1, 0.15) is 56.4 Å². The quantitative estimate of drug-likeness (QED) is 0.102. The zero-order valence-electron chi connectivity index (χ0n) is 47.7. The number of allylic oxidation sites excluding steroid dienone is 3. The van der Waals surface area contributed by atoms with Crippen LogP contribution in [0.15, 0.2) is 283 Å². The molecule has 0 unspecified atom stereocenters. The number of nitrogens with zero attached hydrogens (tertiary/aromatic N) is 4. The summed E-state index contributed by atoms with van der Waals surface area (Å²) in [5.74, 6) is 0. The Balaban J connectivity index is 0.000000179. The van der Waals surface area contributed by atoms with E-state index in [1.807, 2.05) is 18.2 Å². The molecule has 0 spiro atoms. The van der Waals surface area contributed by atoms with Gasteiger partial charge in [-0.3, -0.25) is 4.99 Å². The first-order chi connectivity index (χ1) is 42.6. The van der Waals surface area contributed by atoms with E-state index in [4.69, 9.17) is 20.0 Å². The van der Waals surface area contributed by atoms with Gasteiger partial charge in [-0.1, -0.05) is 188 Å². The smallest absolute Gasteiger partial charge is 0.0737 e. The van der Waals surface area contributed by atoms with E-state index in [1.54, 1.807) is 0 Å². The first kappa shape index (κ1) is 59.4. The minimum Gasteiger partial charge on any atom is -0.358 e. The molecule has 88 heavy (non-hydrogen) atoms. The van der Waals surface area contributed by atoms with Crippen molar-refractivity contribution in [3.8, 4) is 35.1 Å². The molecule has 4 aliphatic heterocycles. The molecule has 0 fully saturated rings. The molecule has 0 saturated carbocycles. The Hall–Kier alpha value is -10.3. The van der Waals surface area contributed by atoms with Crippen LogP contribution in [0.3, 0.4) is 0 Å². The normalized spacial score (nSPS) is 13.8. The van der Waals surface area contributed by atoms with Crippen molar-refractivity contribution in [1.82, 2.24) is 29.9 Å². The maximum absolute atomic E-state index is 5.34. The summed E-state index contributed by atoms with van der Waals surface area (Å²) in [6.45, 7) is 0.704. The molecular formula is C78H58N8Pt2. The number of aliphatic imine (C=N–C) groups is 2. The summed E-state index contributed by atoms with van der Waals surface area (Å²) in [7, 11) is 0. The van der Waals surface area contributed by atoms with Crippen molar-refractivity contribution in [3.05, 3.63) is 340 Å². The van der Waals surface area contributed by atoms with Crippen molar-refractivity contribution in [2.75, 3.05) is 6.54 Å². The molecule has 0 amide bonds. The molecule has 11 aromatic rings. The number of rotatable bonds is 10. The van der Waals surface area contributed by atoms with Crippen molar-refractivity contribution >= 4 is 74.5 Å². The Kier molecular flexibility index (Phi) is 18.8. The fraction of sp³-hybridized carbons (Fsp3) is 0.0256. The number of aromatic amines is 4. The fourth-order valence-corrected chi connectivity index (χ4v) is 11.4. The molecule has 6 aromatic carbocycles. The van der Waals surface area contributed by atoms with Gasteiger partial charge >= 0.3 is 0 Å². The molecule has 10 heteroatoms. The average molecular weight is 1500 g/mol. The van der Waals surface area contributed by atoms with Crippen molar-refractivity contribution in [3.63, 3.8) is 0 Å². The van der Waals surface area contributed by atoms with Gasteiger partial charge in [-0.05, 0) is 137 Å². The van der Waals surface area contributed by atoms with Crippen LogP contribution in [0.4, 0.5) is 0 Å². The molecular weight excluding hydrogens is 1440 g/mol. The molecule has 0 radical (unpaired) electrons. The van der Waals surface area contributed by atoms with Crippen molar-refractivity contribution in [1.29, 1.82) is 0 Å². The summed E-state index contributed by atoms with van der Waals surface area (Å²) in [4.78, 5) is 34.8. The molecule has 9 heterocycles. The summed E-state index contributed by atoms with van der Waals surface area (Å²) in [5, 5.41) is 2.03. The number of H-pyrrole nitrogens is 4. The summed E-state index contributed by atoms with van der Waals surface area (Å²) in [5.41, 5.74) is 25.0. The molecule has 0 aliphatic carbocycles. The van der Waals surface area contributed by atoms with Gasteiger partial charge in [0, 0.05) is 121 Å². The van der Waals surface area contributed by atoms with Crippen LogP contribution in [0.5, 0.6) is 0 Å². The maximum Gasteiger partial charge on any atom is 0.0737 e. The van der Waals surface area contributed by atoms with E-state index in [1.165, 1.54) is 11.3 Å². The second kappa shape index (κ2) is 27.8. The largest absolute Gasteiger partial charge is 0.358 e. The monoisotopic (exact) mass is 1500 g/mol. The van der Waals surface area contributed by atoms with E-state index >= 15 is 0 Å². The number of fused-ring (bicyclic) bond motifs is 8. The van der Waals surface area contributed by atoms with E-state index in [9.17, 15) is 0 Å². The molecule has 430 valence electrons. The number of nitrogens with one attached hydrogen (secondary N) is 4. The van der Waals surface area contributed by atoms with Crippen molar-refractivity contribution in [2.45, 2.75) is 6.42 Å². The third-order valence-corrected chi connectivity index (χ3v) is 15.2. The number of aromatic nitrogens is 6. The molecule has 0 atom stereocenters. The first-order valence-electron chi connectivity index (χ1n) is 28.7. The summed E-state index contributed by atoms with van der Waals surface area (Å²) >= 11 is 0. The number of benzene rings is 6. The SMILES string of the molecule is C#C.C1=CC(/C(c2ccccc2)=c2/cc/c(=C(C3=N/C(=C(/c4ccccc4)c4ccc(Cc5ccccc5)[nH]4)C=C3)\c3ccccc3)[nH]2)=NC1.C1=Cc2nc1cc1ccc([nH]1)c(-c1ccccc1)c1nc(cc3ccc([nH]3)c2-c2ccccc2)C=C1.[Pt].[Pt]. The average Bonchev–Trinajstić information content (AvgIpc) is 2.46. The zero-order chi connectivity index (χ0) is 58.0. The maximum atomic E-state index is 5.34. The second-order valence-corrected chi connectivity index (χ2v) is 20.8. The van der Waals surface area contributed by atoms with Gasteiger partial charge < -0.3 is 19.9 Å². The van der Waals surface area contributed by atoms with Gasteiger partial charge in [0.05, 0.1) is 46.4 Å². The van der Waals surface area contributed by atoms with Crippen LogP contribution in [0, 0.1) is 12.8 Å². The van der Waals surface area contributed by atoms with Crippen LogP contribution in [0.2, 0.25) is 0 Å². The predicted octanol–water partition coefficient (Wildman–Crippen LogP) is 16.0. The molecule has 4 N–H and O–H groups in total. The van der Waals surface area contributed by atoms with Gasteiger partial charge in [0.15, 0.2) is 0 Å². The Labute approximate surface area is 540 Å². The summed E-state index contributed by atoms with van der Waals surface area (Å²) in [6.07, 6.45) is 25.7. The van der Waals surface area contributed by atoms with Gasteiger partial charge in [-0.15, -0.1) is 12.8 Å². The van der Waals surface area contributed by atoms with Gasteiger partial charge in [0.25, 0.3) is 0 Å². The van der Waals surface area contributed by atoms with E-state index in [0.717, 1.165) is 140 Å². The van der Waals surface area contributed by atoms with E-state index in [0.29, 0.717) is 6.54 Å². The van der Waals surface area contributed by atoms with Crippen molar-refractivity contribution in [2.24, 2.45) is 9.98 Å². The predicted molar refractivity (Wildman–Crippen MR) is 358 cm³/mol. The number of hydrogen-bond donors (Lipinski definition) is 4. The molecule has 5 aromatic heterocycles. The van der Waals surface area contributed by atoms with Gasteiger partial charge in [0.2, 0.25) is 0 Å². The standard InChI is InChI=1S/C44H34N4.C32H22N4.C2H2.2Pt/c1-5-14-31(15-6-1)30-35-23-24-37(46-35)43(33-18-9-3-10-19-33)39-27-28-41(48-39)44(34-20-11-4-12-21-34)40-26-25-38(47-40)42(36-22-13-29-45-36)32-16-7-2-8-17-32;1-3-7-21(8-4-1)31-27-15-11-23(33-27)19-25-13-17-29(35-25)32(22-9-5-2-6-10-22)30-18-14-26(36-30)20-24-12-16-28(31)34-24;1-2;;/h1-28,46-47H,29-30H2;1-20,33,36H;1-2H;;/b42-38-,43-39-,44-40-;;;;. The second-order valence-electron chi connectivity index (χ2n) is 20.8. The van der Waals surface area contributed by atoms with E-state index in [2.05, 4.69) is 306 Å². The van der Waals surface area contributed by atoms with Crippen LogP contribution in [-0.2, 0) is 48.6 Å². The zero-order valence-corrected chi connectivity index (χ0v) is 52.2. The number of terminal acetylenes is 1. The molecule has 8 bridgehead atoms. The van der Waals surface area contributed by atoms with Gasteiger partial charge in [-0.25, -0.2) is 15.0 Å². The fourth-order valence-electron chi connectivity index (χ4n) is 11.4. The third-order valence-electron chi connectivity index (χ3n) is 15.2. The first-order valence-corrected chi connectivity index (χ1v) is 28.7. The Morgan fingerprint density at radius 3 is 1.35 bits per heavy atom. The van der Waals surface area contributed by atoms with Crippen LogP contribution >= 0.6 is 0 Å². The molecule has 15 rings (SSSR count). The minimum absolute atomic E-state index is 0. The molecule has 4 aliphatic rings. The summed E-state index contributed by atoms with van der Waals surface area (Å²) < 4.78 is 0. The van der Waals surface area contributed by atoms with Crippen molar-refractivity contribution < 1.29 is 42.1 Å². The molecule has 8 nitrogen and oxygen atoms in total. The number of hydrogen-bond acceptors (Lipinski definition) is 4. The Morgan fingerprint density at radius 1 is 0.398 bits per heavy atom.